The van der Waals surface area contributed by atoms with Gasteiger partial charge >= 0.3 is 0 Å². The number of morpholine rings is 1. The van der Waals surface area contributed by atoms with Crippen LogP contribution < -0.4 is 10.2 Å². The van der Waals surface area contributed by atoms with Crippen LogP contribution in [0.3, 0.4) is 0 Å². The van der Waals surface area contributed by atoms with Gasteiger partial charge in [0.25, 0.3) is 0 Å². The van der Waals surface area contributed by atoms with Crippen LogP contribution in [0.1, 0.15) is 6.92 Å². The molecule has 0 unspecified atom stereocenters. The van der Waals surface area contributed by atoms with Crippen LogP contribution in [0, 0.1) is 0 Å². The summed E-state index contributed by atoms with van der Waals surface area (Å²) in [4.78, 5) is 22.1. The third kappa shape index (κ3) is 3.40. The van der Waals surface area contributed by atoms with Crippen molar-refractivity contribution in [2.45, 2.75) is 6.92 Å². The lowest BCUT2D eigenvalue weighted by Gasteiger charge is -2.26. The molecule has 0 radical (unpaired) electrons. The maximum Gasteiger partial charge on any atom is 0.226 e. The van der Waals surface area contributed by atoms with Crippen molar-refractivity contribution in [2.24, 2.45) is 0 Å². The molecule has 1 aromatic heterocycles. The number of nitrogens with zero attached hydrogens (tertiary/aromatic N) is 3. The molecule has 0 atom stereocenters. The van der Waals surface area contributed by atoms with E-state index in [2.05, 4.69) is 20.2 Å². The van der Waals surface area contributed by atoms with Gasteiger partial charge in [0.15, 0.2) is 0 Å². The molecule has 2 aromatic rings. The molecule has 1 aliphatic rings. The number of rotatable bonds is 3. The molecule has 0 spiro atoms. The minimum Gasteiger partial charge on any atom is -0.378 e. The van der Waals surface area contributed by atoms with Crippen molar-refractivity contribution < 1.29 is 9.53 Å². The average Bonchev–Trinajstić information content (AvgIpc) is 2.56. The van der Waals surface area contributed by atoms with Crippen molar-refractivity contribution in [3.8, 4) is 11.3 Å². The Morgan fingerprint density at radius 1 is 1.18 bits per heavy atom. The normalized spacial score (nSPS) is 14.7. The second-order valence-electron chi connectivity index (χ2n) is 5.10. The summed E-state index contributed by atoms with van der Waals surface area (Å²) in [6.07, 6.45) is 1.77. The van der Waals surface area contributed by atoms with Crippen molar-refractivity contribution in [3.05, 3.63) is 36.5 Å². The van der Waals surface area contributed by atoms with Gasteiger partial charge in [0.1, 0.15) is 0 Å². The van der Waals surface area contributed by atoms with Crippen molar-refractivity contribution in [1.82, 2.24) is 9.97 Å². The number of amides is 1. The van der Waals surface area contributed by atoms with Crippen LogP contribution in [0.2, 0.25) is 0 Å². The van der Waals surface area contributed by atoms with E-state index in [0.29, 0.717) is 13.2 Å². The van der Waals surface area contributed by atoms with Gasteiger partial charge < -0.3 is 15.0 Å². The molecule has 1 saturated heterocycles. The van der Waals surface area contributed by atoms with E-state index in [1.807, 2.05) is 30.3 Å². The Morgan fingerprint density at radius 2 is 1.91 bits per heavy atom. The van der Waals surface area contributed by atoms with Crippen molar-refractivity contribution in [3.63, 3.8) is 0 Å². The molecule has 0 bridgehead atoms. The van der Waals surface area contributed by atoms with Crippen LogP contribution in [0.15, 0.2) is 36.5 Å². The van der Waals surface area contributed by atoms with E-state index >= 15 is 0 Å². The lowest BCUT2D eigenvalue weighted by atomic mass is 10.1. The van der Waals surface area contributed by atoms with E-state index in [4.69, 9.17) is 4.74 Å². The molecular weight excluding hydrogens is 280 g/mol. The quantitative estimate of drug-likeness (QED) is 0.938. The van der Waals surface area contributed by atoms with Crippen LogP contribution in [0.25, 0.3) is 11.3 Å². The number of hydrogen-bond donors (Lipinski definition) is 1. The average molecular weight is 298 g/mol. The van der Waals surface area contributed by atoms with E-state index < -0.39 is 0 Å². The van der Waals surface area contributed by atoms with Crippen LogP contribution in [0.5, 0.6) is 0 Å². The standard InChI is InChI=1S/C16H18N4O2/c1-12(21)18-14-4-2-13(3-5-14)15-6-7-17-16(19-15)20-8-10-22-11-9-20/h2-7H,8-11H2,1H3,(H,18,21). The highest BCUT2D eigenvalue weighted by atomic mass is 16.5. The van der Waals surface area contributed by atoms with Crippen LogP contribution in [0.4, 0.5) is 11.6 Å². The number of hydrogen-bond acceptors (Lipinski definition) is 5. The summed E-state index contributed by atoms with van der Waals surface area (Å²) < 4.78 is 5.35. The molecule has 1 aromatic carbocycles. The Labute approximate surface area is 129 Å². The fraction of sp³-hybridized carbons (Fsp3) is 0.312. The number of ether oxygens (including phenoxy) is 1. The zero-order valence-electron chi connectivity index (χ0n) is 12.5. The SMILES string of the molecule is CC(=O)Nc1ccc(-c2ccnc(N3CCOCC3)n2)cc1. The summed E-state index contributed by atoms with van der Waals surface area (Å²) in [6, 6.07) is 9.51. The monoisotopic (exact) mass is 298 g/mol. The summed E-state index contributed by atoms with van der Waals surface area (Å²) in [6.45, 7) is 4.53. The summed E-state index contributed by atoms with van der Waals surface area (Å²) in [5, 5.41) is 2.75. The highest BCUT2D eigenvalue weighted by molar-refractivity contribution is 5.88. The highest BCUT2D eigenvalue weighted by Crippen LogP contribution is 2.21. The number of anilines is 2. The van der Waals surface area contributed by atoms with Gasteiger partial charge in [-0.2, -0.15) is 0 Å². The van der Waals surface area contributed by atoms with Gasteiger partial charge in [0.2, 0.25) is 11.9 Å². The van der Waals surface area contributed by atoms with Gasteiger partial charge in [0, 0.05) is 37.5 Å². The van der Waals surface area contributed by atoms with Crippen LogP contribution >= 0.6 is 0 Å². The molecule has 1 fully saturated rings. The molecule has 3 rings (SSSR count). The zero-order valence-corrected chi connectivity index (χ0v) is 12.5. The maximum absolute atomic E-state index is 11.0. The lowest BCUT2D eigenvalue weighted by Crippen LogP contribution is -2.37. The van der Waals surface area contributed by atoms with Crippen molar-refractivity contribution >= 4 is 17.5 Å². The number of carbonyl (C=O) groups excluding carboxylic acids is 1. The molecule has 2 heterocycles. The predicted octanol–water partition coefficient (Wildman–Crippen LogP) is 1.94. The third-order valence-corrected chi connectivity index (χ3v) is 3.44. The number of nitrogens with one attached hydrogen (secondary N) is 1. The molecule has 6 nitrogen and oxygen atoms in total. The first-order valence-electron chi connectivity index (χ1n) is 7.26. The molecule has 6 heteroatoms. The Morgan fingerprint density at radius 3 is 2.59 bits per heavy atom. The second kappa shape index (κ2) is 6.53. The second-order valence-corrected chi connectivity index (χ2v) is 5.10. The fourth-order valence-electron chi connectivity index (χ4n) is 2.35. The van der Waals surface area contributed by atoms with E-state index in [1.54, 1.807) is 6.20 Å². The first-order valence-corrected chi connectivity index (χ1v) is 7.26. The summed E-state index contributed by atoms with van der Waals surface area (Å²) in [7, 11) is 0. The third-order valence-electron chi connectivity index (χ3n) is 3.44. The molecule has 22 heavy (non-hydrogen) atoms. The molecule has 1 aliphatic heterocycles. The first-order chi connectivity index (χ1) is 10.7. The first kappa shape index (κ1) is 14.5. The Kier molecular flexibility index (Phi) is 4.29. The Bertz CT molecular complexity index is 651. The summed E-state index contributed by atoms with van der Waals surface area (Å²) in [5.74, 6) is 0.649. The van der Waals surface area contributed by atoms with Gasteiger partial charge in [-0.25, -0.2) is 9.97 Å². The Hall–Kier alpha value is -2.47. The smallest absolute Gasteiger partial charge is 0.226 e. The number of benzene rings is 1. The van der Waals surface area contributed by atoms with Gasteiger partial charge in [-0.3, -0.25) is 4.79 Å². The molecule has 1 amide bonds. The fourth-order valence-corrected chi connectivity index (χ4v) is 2.35. The molecule has 114 valence electrons. The topological polar surface area (TPSA) is 67.4 Å². The largest absolute Gasteiger partial charge is 0.378 e. The maximum atomic E-state index is 11.0. The predicted molar refractivity (Wildman–Crippen MR) is 84.8 cm³/mol. The van der Waals surface area contributed by atoms with Gasteiger partial charge in [-0.05, 0) is 18.2 Å². The minimum absolute atomic E-state index is 0.0793. The van der Waals surface area contributed by atoms with Gasteiger partial charge in [0.05, 0.1) is 18.9 Å². The molecule has 0 saturated carbocycles. The number of aromatic nitrogens is 2. The Balaban J connectivity index is 1.80. The van der Waals surface area contributed by atoms with E-state index in [-0.39, 0.29) is 5.91 Å². The number of carbonyl (C=O) groups is 1. The van der Waals surface area contributed by atoms with Crippen molar-refractivity contribution in [2.75, 3.05) is 36.5 Å². The van der Waals surface area contributed by atoms with E-state index in [9.17, 15) is 4.79 Å². The van der Waals surface area contributed by atoms with Crippen LogP contribution in [-0.2, 0) is 9.53 Å². The summed E-state index contributed by atoms with van der Waals surface area (Å²) >= 11 is 0. The molecule has 0 aliphatic carbocycles. The van der Waals surface area contributed by atoms with E-state index in [0.717, 1.165) is 36.0 Å². The lowest BCUT2D eigenvalue weighted by molar-refractivity contribution is -0.114. The highest BCUT2D eigenvalue weighted by Gasteiger charge is 2.14. The zero-order chi connectivity index (χ0) is 15.4. The minimum atomic E-state index is -0.0793. The van der Waals surface area contributed by atoms with Crippen LogP contribution in [-0.4, -0.2) is 42.2 Å². The van der Waals surface area contributed by atoms with E-state index in [1.165, 1.54) is 6.92 Å². The van der Waals surface area contributed by atoms with Crippen molar-refractivity contribution in [1.29, 1.82) is 0 Å². The molecular formula is C16H18N4O2. The van der Waals surface area contributed by atoms with Gasteiger partial charge in [-0.15, -0.1) is 0 Å². The van der Waals surface area contributed by atoms with Gasteiger partial charge in [-0.1, -0.05) is 12.1 Å². The summed E-state index contributed by atoms with van der Waals surface area (Å²) in [5.41, 5.74) is 2.63. The molecule has 1 N–H and O–H groups in total.